The number of hydrogen-bond acceptors (Lipinski definition) is 6. The molecule has 1 amide bonds. The van der Waals surface area contributed by atoms with Gasteiger partial charge in [-0.15, -0.1) is 0 Å². The smallest absolute Gasteiger partial charge is 0.227 e. The van der Waals surface area contributed by atoms with Gasteiger partial charge in [-0.25, -0.2) is 9.67 Å². The number of rotatable bonds is 8. The van der Waals surface area contributed by atoms with Gasteiger partial charge in [-0.3, -0.25) is 4.79 Å². The Morgan fingerprint density at radius 2 is 1.83 bits per heavy atom. The maximum Gasteiger partial charge on any atom is 0.227 e. The van der Waals surface area contributed by atoms with Crippen molar-refractivity contribution in [2.45, 2.75) is 83.3 Å². The zero-order valence-corrected chi connectivity index (χ0v) is 20.5. The highest BCUT2D eigenvalue weighted by molar-refractivity contribution is 5.94. The standard InChI is InChI=1S/C27H36N6O2/c1-2-3-16-28-27-29-17-23-24(32-33(25(23)31-27)21-12-14-22(34)15-13-21)18-8-10-20(11-9-18)30-26(35)19-6-4-5-7-19/h8-11,17,19,21-22,34H,2-7,12-16H2,1H3,(H,30,35)(H,28,29,31)/t21-,22-. The predicted molar refractivity (Wildman–Crippen MR) is 138 cm³/mol. The van der Waals surface area contributed by atoms with Crippen molar-refractivity contribution in [1.82, 2.24) is 19.7 Å². The molecular weight excluding hydrogens is 440 g/mol. The predicted octanol–water partition coefficient (Wildman–Crippen LogP) is 5.31. The van der Waals surface area contributed by atoms with Gasteiger partial charge in [0, 0.05) is 29.9 Å². The lowest BCUT2D eigenvalue weighted by atomic mass is 9.93. The van der Waals surface area contributed by atoms with Crippen LogP contribution in [0.1, 0.15) is 77.2 Å². The van der Waals surface area contributed by atoms with Gasteiger partial charge in [0.05, 0.1) is 17.5 Å². The minimum absolute atomic E-state index is 0.126. The van der Waals surface area contributed by atoms with Gasteiger partial charge in [0.2, 0.25) is 11.9 Å². The summed E-state index contributed by atoms with van der Waals surface area (Å²) in [6.07, 6.45) is 11.4. The van der Waals surface area contributed by atoms with Crippen LogP contribution < -0.4 is 10.6 Å². The summed E-state index contributed by atoms with van der Waals surface area (Å²) in [5, 5.41) is 22.3. The molecule has 2 saturated carbocycles. The van der Waals surface area contributed by atoms with Crippen molar-refractivity contribution < 1.29 is 9.90 Å². The largest absolute Gasteiger partial charge is 0.393 e. The fourth-order valence-electron chi connectivity index (χ4n) is 5.30. The molecule has 1 aromatic carbocycles. The second-order valence-electron chi connectivity index (χ2n) is 10.0. The Balaban J connectivity index is 1.43. The molecule has 0 bridgehead atoms. The number of carbonyl (C=O) groups excluding carboxylic acids is 1. The second-order valence-corrected chi connectivity index (χ2v) is 10.0. The molecule has 186 valence electrons. The van der Waals surface area contributed by atoms with Crippen molar-refractivity contribution >= 4 is 28.6 Å². The van der Waals surface area contributed by atoms with E-state index >= 15 is 0 Å². The Bertz CT molecular complexity index is 1140. The van der Waals surface area contributed by atoms with Gasteiger partial charge in [-0.2, -0.15) is 10.1 Å². The van der Waals surface area contributed by atoms with Crippen molar-refractivity contribution in [2.75, 3.05) is 17.2 Å². The molecule has 0 unspecified atom stereocenters. The van der Waals surface area contributed by atoms with Crippen LogP contribution in [0, 0.1) is 5.92 Å². The first-order chi connectivity index (χ1) is 17.1. The van der Waals surface area contributed by atoms with E-state index in [0.29, 0.717) is 5.95 Å². The van der Waals surface area contributed by atoms with Crippen molar-refractivity contribution in [3.63, 3.8) is 0 Å². The number of unbranched alkanes of at least 4 members (excludes halogenated alkanes) is 1. The van der Waals surface area contributed by atoms with Gasteiger partial charge in [0.15, 0.2) is 5.65 Å². The van der Waals surface area contributed by atoms with E-state index in [1.54, 1.807) is 0 Å². The zero-order valence-electron chi connectivity index (χ0n) is 20.5. The molecule has 3 aromatic rings. The van der Waals surface area contributed by atoms with E-state index in [0.717, 1.165) is 98.7 Å². The third-order valence-electron chi connectivity index (χ3n) is 7.43. The van der Waals surface area contributed by atoms with E-state index in [4.69, 9.17) is 10.1 Å². The number of carbonyl (C=O) groups is 1. The number of fused-ring (bicyclic) bond motifs is 1. The van der Waals surface area contributed by atoms with Crippen LogP contribution in [0.15, 0.2) is 30.5 Å². The van der Waals surface area contributed by atoms with E-state index in [1.807, 2.05) is 35.1 Å². The number of aromatic nitrogens is 4. The quantitative estimate of drug-likeness (QED) is 0.381. The minimum atomic E-state index is -0.222. The lowest BCUT2D eigenvalue weighted by Crippen LogP contribution is -2.22. The highest BCUT2D eigenvalue weighted by Gasteiger charge is 2.26. The number of anilines is 2. The van der Waals surface area contributed by atoms with Gasteiger partial charge >= 0.3 is 0 Å². The number of nitrogens with one attached hydrogen (secondary N) is 2. The van der Waals surface area contributed by atoms with Crippen LogP contribution in [0.5, 0.6) is 0 Å². The van der Waals surface area contributed by atoms with Crippen molar-refractivity contribution in [2.24, 2.45) is 5.92 Å². The van der Waals surface area contributed by atoms with Crippen LogP contribution in [0.25, 0.3) is 22.3 Å². The van der Waals surface area contributed by atoms with E-state index in [9.17, 15) is 9.90 Å². The SMILES string of the molecule is CCCCNc1ncc2c(-c3ccc(NC(=O)C4CCCC4)cc3)nn([C@H]3CC[C@H](O)CC3)c2n1. The van der Waals surface area contributed by atoms with Crippen molar-refractivity contribution in [1.29, 1.82) is 0 Å². The highest BCUT2D eigenvalue weighted by Crippen LogP contribution is 2.35. The van der Waals surface area contributed by atoms with Crippen molar-refractivity contribution in [3.05, 3.63) is 30.5 Å². The summed E-state index contributed by atoms with van der Waals surface area (Å²) in [5.41, 5.74) is 3.46. The summed E-state index contributed by atoms with van der Waals surface area (Å²) < 4.78 is 2.04. The maximum atomic E-state index is 12.5. The number of aliphatic hydroxyl groups excluding tert-OH is 1. The molecule has 2 aliphatic carbocycles. The summed E-state index contributed by atoms with van der Waals surface area (Å²) >= 11 is 0. The topological polar surface area (TPSA) is 105 Å². The fourth-order valence-corrected chi connectivity index (χ4v) is 5.30. The molecule has 0 atom stereocenters. The second kappa shape index (κ2) is 10.7. The summed E-state index contributed by atoms with van der Waals surface area (Å²) in [6, 6.07) is 8.12. The lowest BCUT2D eigenvalue weighted by Gasteiger charge is -2.25. The fraction of sp³-hybridized carbons (Fsp3) is 0.556. The van der Waals surface area contributed by atoms with Gasteiger partial charge in [0.25, 0.3) is 0 Å². The van der Waals surface area contributed by atoms with E-state index in [-0.39, 0.29) is 24.0 Å². The average molecular weight is 477 g/mol. The van der Waals surface area contributed by atoms with E-state index in [2.05, 4.69) is 22.5 Å². The third-order valence-corrected chi connectivity index (χ3v) is 7.43. The van der Waals surface area contributed by atoms with Gasteiger partial charge in [0.1, 0.15) is 5.69 Å². The first-order valence-electron chi connectivity index (χ1n) is 13.2. The molecule has 5 rings (SSSR count). The molecule has 0 saturated heterocycles. The summed E-state index contributed by atoms with van der Waals surface area (Å²) in [6.45, 7) is 3.00. The minimum Gasteiger partial charge on any atom is -0.393 e. The Kier molecular flexibility index (Phi) is 7.27. The van der Waals surface area contributed by atoms with Crippen LogP contribution in [0.3, 0.4) is 0 Å². The molecular formula is C27H36N6O2. The molecule has 2 aromatic heterocycles. The molecule has 2 heterocycles. The van der Waals surface area contributed by atoms with Crippen LogP contribution in [0.2, 0.25) is 0 Å². The average Bonchev–Trinajstić information content (AvgIpc) is 3.54. The summed E-state index contributed by atoms with van der Waals surface area (Å²) in [5.74, 6) is 0.890. The monoisotopic (exact) mass is 476 g/mol. The molecule has 35 heavy (non-hydrogen) atoms. The molecule has 2 fully saturated rings. The highest BCUT2D eigenvalue weighted by atomic mass is 16.3. The summed E-state index contributed by atoms with van der Waals surface area (Å²) in [7, 11) is 0. The Morgan fingerprint density at radius 3 is 2.54 bits per heavy atom. The number of hydrogen-bond donors (Lipinski definition) is 3. The number of nitrogens with zero attached hydrogens (tertiary/aromatic N) is 4. The molecule has 2 aliphatic rings. The van der Waals surface area contributed by atoms with Crippen LogP contribution in [0.4, 0.5) is 11.6 Å². The number of amides is 1. The van der Waals surface area contributed by atoms with E-state index in [1.165, 1.54) is 0 Å². The lowest BCUT2D eigenvalue weighted by molar-refractivity contribution is -0.119. The third kappa shape index (κ3) is 5.32. The van der Waals surface area contributed by atoms with Gasteiger partial charge < -0.3 is 15.7 Å². The van der Waals surface area contributed by atoms with Crippen LogP contribution in [-0.4, -0.2) is 43.4 Å². The number of benzene rings is 1. The normalized spacial score (nSPS) is 20.9. The first-order valence-corrected chi connectivity index (χ1v) is 13.2. The number of aliphatic hydroxyl groups is 1. The Labute approximate surface area is 206 Å². The molecule has 0 spiro atoms. The molecule has 8 heteroatoms. The van der Waals surface area contributed by atoms with Gasteiger partial charge in [-0.05, 0) is 57.1 Å². The molecule has 3 N–H and O–H groups in total. The van der Waals surface area contributed by atoms with Crippen molar-refractivity contribution in [3.8, 4) is 11.3 Å². The molecule has 8 nitrogen and oxygen atoms in total. The zero-order chi connectivity index (χ0) is 24.2. The van der Waals surface area contributed by atoms with Crippen LogP contribution >= 0.6 is 0 Å². The summed E-state index contributed by atoms with van der Waals surface area (Å²) in [4.78, 5) is 21.9. The Morgan fingerprint density at radius 1 is 1.09 bits per heavy atom. The van der Waals surface area contributed by atoms with E-state index < -0.39 is 0 Å². The van der Waals surface area contributed by atoms with Crippen LogP contribution in [-0.2, 0) is 4.79 Å². The maximum absolute atomic E-state index is 12.5. The Hall–Kier alpha value is -3.00. The molecule has 0 aliphatic heterocycles. The molecule has 0 radical (unpaired) electrons. The first kappa shape index (κ1) is 23.7. The van der Waals surface area contributed by atoms with Gasteiger partial charge in [-0.1, -0.05) is 38.3 Å².